The molecule has 5 heteroatoms. The van der Waals surface area contributed by atoms with Crippen LogP contribution in [0.1, 0.15) is 12.0 Å². The van der Waals surface area contributed by atoms with E-state index in [1.54, 1.807) is 0 Å². The van der Waals surface area contributed by atoms with Crippen molar-refractivity contribution in [2.75, 3.05) is 6.16 Å². The standard InChI is InChI=1S/C10H16NO3P/c11-10(6-7-15(12,13)14)8-9-4-2-1-3-5-9/h1-5,10H,6-8,11H2,(H2,12,13,14). The van der Waals surface area contributed by atoms with E-state index in [9.17, 15) is 4.57 Å². The maximum Gasteiger partial charge on any atom is 0.325 e. The van der Waals surface area contributed by atoms with E-state index in [1.807, 2.05) is 30.3 Å². The van der Waals surface area contributed by atoms with Gasteiger partial charge in [-0.15, -0.1) is 0 Å². The van der Waals surface area contributed by atoms with Crippen LogP contribution in [0.3, 0.4) is 0 Å². The Kier molecular flexibility index (Phi) is 4.48. The van der Waals surface area contributed by atoms with Crippen molar-refractivity contribution in [1.29, 1.82) is 0 Å². The summed E-state index contributed by atoms with van der Waals surface area (Å²) in [6.07, 6.45) is 0.862. The highest BCUT2D eigenvalue weighted by Gasteiger charge is 2.15. The third-order valence-electron chi connectivity index (χ3n) is 2.13. The third kappa shape index (κ3) is 5.70. The minimum absolute atomic E-state index is 0.138. The molecule has 0 aliphatic rings. The van der Waals surface area contributed by atoms with Gasteiger partial charge in [-0.25, -0.2) is 0 Å². The molecule has 0 aliphatic heterocycles. The second-order valence-electron chi connectivity index (χ2n) is 3.63. The zero-order valence-electron chi connectivity index (χ0n) is 8.41. The van der Waals surface area contributed by atoms with Crippen molar-refractivity contribution in [2.45, 2.75) is 18.9 Å². The van der Waals surface area contributed by atoms with Crippen molar-refractivity contribution in [3.8, 4) is 0 Å². The first-order chi connectivity index (χ1) is 6.97. The van der Waals surface area contributed by atoms with Crippen LogP contribution < -0.4 is 5.73 Å². The SMILES string of the molecule is NC(CCP(=O)(O)O)Cc1ccccc1. The average Bonchev–Trinajstić information content (AvgIpc) is 2.15. The van der Waals surface area contributed by atoms with Gasteiger partial charge in [0.1, 0.15) is 0 Å². The number of nitrogens with two attached hydrogens (primary N) is 1. The summed E-state index contributed by atoms with van der Waals surface area (Å²) in [7, 11) is -3.90. The third-order valence-corrected chi connectivity index (χ3v) is 2.97. The van der Waals surface area contributed by atoms with Gasteiger partial charge >= 0.3 is 7.60 Å². The summed E-state index contributed by atoms with van der Waals surface area (Å²) in [6.45, 7) is 0. The molecule has 4 N–H and O–H groups in total. The highest BCUT2D eigenvalue weighted by Crippen LogP contribution is 2.35. The van der Waals surface area contributed by atoms with Gasteiger partial charge in [0, 0.05) is 6.04 Å². The van der Waals surface area contributed by atoms with E-state index in [-0.39, 0.29) is 12.2 Å². The minimum Gasteiger partial charge on any atom is -0.327 e. The molecule has 0 saturated carbocycles. The van der Waals surface area contributed by atoms with Gasteiger partial charge in [0.2, 0.25) is 0 Å². The Bertz CT molecular complexity index is 336. The lowest BCUT2D eigenvalue weighted by Crippen LogP contribution is -2.24. The van der Waals surface area contributed by atoms with Gasteiger partial charge in [0.15, 0.2) is 0 Å². The summed E-state index contributed by atoms with van der Waals surface area (Å²) in [5, 5.41) is 0. The molecule has 1 aromatic rings. The monoisotopic (exact) mass is 229 g/mol. The Hall–Kier alpha value is -0.670. The van der Waals surface area contributed by atoms with Gasteiger partial charge in [-0.2, -0.15) is 0 Å². The Balaban J connectivity index is 2.37. The molecule has 0 aromatic heterocycles. The van der Waals surface area contributed by atoms with Crippen molar-refractivity contribution < 1.29 is 14.4 Å². The highest BCUT2D eigenvalue weighted by molar-refractivity contribution is 7.51. The molecule has 4 nitrogen and oxygen atoms in total. The van der Waals surface area contributed by atoms with Crippen LogP contribution in [0.25, 0.3) is 0 Å². The number of benzene rings is 1. The molecule has 1 atom stereocenters. The molecule has 15 heavy (non-hydrogen) atoms. The van der Waals surface area contributed by atoms with Gasteiger partial charge in [-0.05, 0) is 18.4 Å². The fraction of sp³-hybridized carbons (Fsp3) is 0.400. The molecule has 0 bridgehead atoms. The molecule has 1 aromatic carbocycles. The summed E-state index contributed by atoms with van der Waals surface area (Å²) >= 11 is 0. The van der Waals surface area contributed by atoms with E-state index in [0.29, 0.717) is 12.8 Å². The lowest BCUT2D eigenvalue weighted by atomic mass is 10.1. The second kappa shape index (κ2) is 5.42. The maximum absolute atomic E-state index is 10.6. The van der Waals surface area contributed by atoms with Crippen molar-refractivity contribution >= 4 is 7.60 Å². The van der Waals surface area contributed by atoms with E-state index in [0.717, 1.165) is 5.56 Å². The van der Waals surface area contributed by atoms with E-state index >= 15 is 0 Å². The molecule has 1 unspecified atom stereocenters. The Labute approximate surface area is 89.3 Å². The molecule has 0 radical (unpaired) electrons. The first-order valence-corrected chi connectivity index (χ1v) is 6.61. The topological polar surface area (TPSA) is 83.6 Å². The quantitative estimate of drug-likeness (QED) is 0.661. The van der Waals surface area contributed by atoms with Gasteiger partial charge < -0.3 is 15.5 Å². The van der Waals surface area contributed by atoms with Gasteiger partial charge in [0.05, 0.1) is 6.16 Å². The molecule has 0 amide bonds. The van der Waals surface area contributed by atoms with Crippen molar-refractivity contribution in [2.24, 2.45) is 5.73 Å². The van der Waals surface area contributed by atoms with E-state index in [2.05, 4.69) is 0 Å². The summed E-state index contributed by atoms with van der Waals surface area (Å²) < 4.78 is 10.6. The normalized spacial score (nSPS) is 13.8. The highest BCUT2D eigenvalue weighted by atomic mass is 31.2. The predicted octanol–water partition coefficient (Wildman–Crippen LogP) is 1.12. The molecular formula is C10H16NO3P. The van der Waals surface area contributed by atoms with Crippen LogP contribution in [-0.4, -0.2) is 22.0 Å². The number of rotatable bonds is 5. The molecule has 1 rings (SSSR count). The van der Waals surface area contributed by atoms with E-state index < -0.39 is 7.60 Å². The van der Waals surface area contributed by atoms with Gasteiger partial charge in [0.25, 0.3) is 0 Å². The van der Waals surface area contributed by atoms with Crippen LogP contribution in [0.4, 0.5) is 0 Å². The summed E-state index contributed by atoms with van der Waals surface area (Å²) in [5.74, 6) is 0. The van der Waals surface area contributed by atoms with Gasteiger partial charge in [-0.3, -0.25) is 4.57 Å². The number of hydrogen-bond acceptors (Lipinski definition) is 2. The van der Waals surface area contributed by atoms with Gasteiger partial charge in [-0.1, -0.05) is 30.3 Å². The Morgan fingerprint density at radius 3 is 2.40 bits per heavy atom. The van der Waals surface area contributed by atoms with Crippen molar-refractivity contribution in [1.82, 2.24) is 0 Å². The first-order valence-electron chi connectivity index (χ1n) is 4.81. The molecule has 0 saturated heterocycles. The molecule has 84 valence electrons. The predicted molar refractivity (Wildman–Crippen MR) is 59.6 cm³/mol. The molecular weight excluding hydrogens is 213 g/mol. The lowest BCUT2D eigenvalue weighted by Gasteiger charge is -2.11. The zero-order valence-corrected chi connectivity index (χ0v) is 9.31. The summed E-state index contributed by atoms with van der Waals surface area (Å²) in [4.78, 5) is 17.4. The van der Waals surface area contributed by atoms with Crippen LogP contribution in [0.5, 0.6) is 0 Å². The summed E-state index contributed by atoms with van der Waals surface area (Å²) in [5.41, 5.74) is 6.86. The Morgan fingerprint density at radius 1 is 1.27 bits per heavy atom. The van der Waals surface area contributed by atoms with Crippen molar-refractivity contribution in [3.05, 3.63) is 35.9 Å². The van der Waals surface area contributed by atoms with E-state index in [1.165, 1.54) is 0 Å². The average molecular weight is 229 g/mol. The minimum atomic E-state index is -3.90. The fourth-order valence-corrected chi connectivity index (χ4v) is 2.02. The lowest BCUT2D eigenvalue weighted by molar-refractivity contribution is 0.369. The Morgan fingerprint density at radius 2 is 1.87 bits per heavy atom. The summed E-state index contributed by atoms with van der Waals surface area (Å²) in [6, 6.07) is 9.48. The smallest absolute Gasteiger partial charge is 0.325 e. The van der Waals surface area contributed by atoms with Crippen molar-refractivity contribution in [3.63, 3.8) is 0 Å². The zero-order chi connectivity index (χ0) is 11.3. The first kappa shape index (κ1) is 12.4. The molecule has 0 aliphatic carbocycles. The van der Waals surface area contributed by atoms with E-state index in [4.69, 9.17) is 15.5 Å². The number of hydrogen-bond donors (Lipinski definition) is 3. The van der Waals surface area contributed by atoms with Crippen LogP contribution in [0, 0.1) is 0 Å². The van der Waals surface area contributed by atoms with Crippen LogP contribution >= 0.6 is 7.60 Å². The molecule has 0 heterocycles. The second-order valence-corrected chi connectivity index (χ2v) is 5.40. The van der Waals surface area contributed by atoms with Crippen LogP contribution in [0.2, 0.25) is 0 Å². The fourth-order valence-electron chi connectivity index (χ4n) is 1.35. The molecule has 0 fully saturated rings. The largest absolute Gasteiger partial charge is 0.327 e. The van der Waals surface area contributed by atoms with Crippen LogP contribution in [0.15, 0.2) is 30.3 Å². The molecule has 0 spiro atoms. The van der Waals surface area contributed by atoms with Crippen LogP contribution in [-0.2, 0) is 11.0 Å². The maximum atomic E-state index is 10.6.